The second-order valence-corrected chi connectivity index (χ2v) is 6.25. The number of carboxylic acids is 1. The number of aryl methyl sites for hydroxylation is 1. The molecule has 0 aliphatic heterocycles. The van der Waals surface area contributed by atoms with E-state index in [4.69, 9.17) is 14.7 Å². The van der Waals surface area contributed by atoms with Gasteiger partial charge in [0.15, 0.2) is 0 Å². The minimum Gasteiger partial charge on any atom is -0.497 e. The van der Waals surface area contributed by atoms with Crippen molar-refractivity contribution >= 4 is 11.7 Å². The number of ether oxygens (including phenoxy) is 1. The topological polar surface area (TPSA) is 85.9 Å². The highest BCUT2D eigenvalue weighted by molar-refractivity contribution is 6.05. The number of fused-ring (bicyclic) bond motifs is 1. The Bertz CT molecular complexity index is 771. The highest BCUT2D eigenvalue weighted by atomic mass is 16.6. The Morgan fingerprint density at radius 2 is 2.31 bits per heavy atom. The van der Waals surface area contributed by atoms with Gasteiger partial charge in [0.1, 0.15) is 18.1 Å². The highest BCUT2D eigenvalue weighted by Gasteiger charge is 2.28. The summed E-state index contributed by atoms with van der Waals surface area (Å²) in [6, 6.07) is 6.07. The third-order valence-electron chi connectivity index (χ3n) is 4.52. The van der Waals surface area contributed by atoms with E-state index in [1.54, 1.807) is 19.6 Å². The molecule has 7 heteroatoms. The first kappa shape index (κ1) is 18.0. The average Bonchev–Trinajstić information content (AvgIpc) is 3.18. The maximum atomic E-state index is 10.6. The number of aliphatic carboxylic acids is 1. The first-order valence-corrected chi connectivity index (χ1v) is 8.75. The Morgan fingerprint density at radius 1 is 1.42 bits per heavy atom. The van der Waals surface area contributed by atoms with Crippen LogP contribution in [0.5, 0.6) is 5.75 Å². The van der Waals surface area contributed by atoms with Gasteiger partial charge in [-0.25, -0.2) is 4.98 Å². The number of hydrogen-bond acceptors (Lipinski definition) is 5. The van der Waals surface area contributed by atoms with Crippen LogP contribution in [-0.4, -0.2) is 40.1 Å². The van der Waals surface area contributed by atoms with E-state index in [2.05, 4.69) is 16.2 Å². The predicted molar refractivity (Wildman–Crippen MR) is 96.6 cm³/mol. The molecule has 1 N–H and O–H groups in total. The van der Waals surface area contributed by atoms with Crippen molar-refractivity contribution in [2.75, 3.05) is 13.7 Å². The molecule has 0 amide bonds. The summed E-state index contributed by atoms with van der Waals surface area (Å²) in [6.07, 6.45) is 8.72. The number of nitrogens with zero attached hydrogens (tertiary/aromatic N) is 3. The van der Waals surface area contributed by atoms with Crippen molar-refractivity contribution in [2.45, 2.75) is 38.1 Å². The first-order chi connectivity index (χ1) is 12.7. The lowest BCUT2D eigenvalue weighted by Crippen LogP contribution is -2.26. The van der Waals surface area contributed by atoms with Crippen molar-refractivity contribution in [3.63, 3.8) is 0 Å². The van der Waals surface area contributed by atoms with Crippen molar-refractivity contribution < 1.29 is 19.5 Å². The number of hydrogen-bond donors (Lipinski definition) is 1. The van der Waals surface area contributed by atoms with Crippen LogP contribution >= 0.6 is 0 Å². The number of unbranched alkanes of at least 4 members (excludes halogenated alkanes) is 1. The van der Waals surface area contributed by atoms with Crippen molar-refractivity contribution in [3.05, 3.63) is 48.0 Å². The van der Waals surface area contributed by atoms with Gasteiger partial charge < -0.3 is 19.2 Å². The van der Waals surface area contributed by atoms with E-state index in [0.717, 1.165) is 29.9 Å². The molecule has 0 saturated heterocycles. The third-order valence-corrected chi connectivity index (χ3v) is 4.52. The van der Waals surface area contributed by atoms with E-state index >= 15 is 0 Å². The van der Waals surface area contributed by atoms with Gasteiger partial charge >= 0.3 is 5.97 Å². The second kappa shape index (κ2) is 8.51. The molecule has 1 aliphatic carbocycles. The number of rotatable bonds is 8. The molecule has 0 fully saturated rings. The van der Waals surface area contributed by atoms with Crippen LogP contribution in [0.3, 0.4) is 0 Å². The average molecular weight is 357 g/mol. The quantitative estimate of drug-likeness (QED) is 0.580. The van der Waals surface area contributed by atoms with Crippen LogP contribution in [0.2, 0.25) is 0 Å². The van der Waals surface area contributed by atoms with Gasteiger partial charge in [0.05, 0.1) is 19.5 Å². The second-order valence-electron chi connectivity index (χ2n) is 6.25. The van der Waals surface area contributed by atoms with Gasteiger partial charge in [-0.15, -0.1) is 0 Å². The van der Waals surface area contributed by atoms with Gasteiger partial charge in [-0.2, -0.15) is 0 Å². The van der Waals surface area contributed by atoms with Crippen LogP contribution in [0.25, 0.3) is 0 Å². The summed E-state index contributed by atoms with van der Waals surface area (Å²) in [5.74, 6) is -0.00558. The summed E-state index contributed by atoms with van der Waals surface area (Å²) >= 11 is 0. The molecule has 3 rings (SSSR count). The van der Waals surface area contributed by atoms with E-state index in [1.807, 2.05) is 22.9 Å². The van der Waals surface area contributed by atoms with Crippen LogP contribution in [0, 0.1) is 0 Å². The number of imidazole rings is 1. The number of aromatic nitrogens is 2. The van der Waals surface area contributed by atoms with Crippen LogP contribution in [0.1, 0.15) is 42.9 Å². The molecule has 1 aromatic heterocycles. The summed E-state index contributed by atoms with van der Waals surface area (Å²) in [7, 11) is 1.65. The Balaban J connectivity index is 1.79. The molecule has 2 aromatic rings. The minimum atomic E-state index is -0.787. The highest BCUT2D eigenvalue weighted by Crippen LogP contribution is 2.32. The molecule has 1 heterocycles. The zero-order chi connectivity index (χ0) is 18.4. The molecular formula is C19H23N3O4. The normalized spacial score (nSPS) is 17.7. The Hall–Kier alpha value is -2.83. The lowest BCUT2D eigenvalue weighted by atomic mass is 9.86. The van der Waals surface area contributed by atoms with Gasteiger partial charge in [-0.3, -0.25) is 4.79 Å². The fourth-order valence-electron chi connectivity index (χ4n) is 3.16. The number of carboxylic acid groups (broad SMARTS) is 1. The molecule has 26 heavy (non-hydrogen) atoms. The van der Waals surface area contributed by atoms with Crippen molar-refractivity contribution in [3.8, 4) is 5.75 Å². The predicted octanol–water partition coefficient (Wildman–Crippen LogP) is 3.05. The van der Waals surface area contributed by atoms with Crippen molar-refractivity contribution in [2.24, 2.45) is 5.16 Å². The Morgan fingerprint density at radius 3 is 3.04 bits per heavy atom. The van der Waals surface area contributed by atoms with Crippen LogP contribution in [0.15, 0.2) is 42.1 Å². The van der Waals surface area contributed by atoms with Gasteiger partial charge in [0.2, 0.25) is 0 Å². The fourth-order valence-corrected chi connectivity index (χ4v) is 3.16. The Labute approximate surface area is 152 Å². The SMILES string of the molecule is COc1ccc2c(c1)/C(=N\OCCCCC(=O)O)C(n1ccnc1)CC2. The lowest BCUT2D eigenvalue weighted by molar-refractivity contribution is -0.137. The molecule has 7 nitrogen and oxygen atoms in total. The number of benzene rings is 1. The first-order valence-electron chi connectivity index (χ1n) is 8.75. The fraction of sp³-hybridized carbons (Fsp3) is 0.421. The summed E-state index contributed by atoms with van der Waals surface area (Å²) in [5.41, 5.74) is 3.09. The van der Waals surface area contributed by atoms with Crippen molar-refractivity contribution in [1.29, 1.82) is 0 Å². The largest absolute Gasteiger partial charge is 0.497 e. The van der Waals surface area contributed by atoms with E-state index in [-0.39, 0.29) is 12.5 Å². The maximum absolute atomic E-state index is 10.6. The van der Waals surface area contributed by atoms with E-state index in [0.29, 0.717) is 19.4 Å². The summed E-state index contributed by atoms with van der Waals surface area (Å²) in [6.45, 7) is 0.396. The molecule has 1 unspecified atom stereocenters. The molecule has 0 spiro atoms. The zero-order valence-corrected chi connectivity index (χ0v) is 14.8. The number of carbonyl (C=O) groups is 1. The lowest BCUT2D eigenvalue weighted by Gasteiger charge is -2.27. The standard InChI is InChI=1S/C19H23N3O4/c1-25-15-7-5-14-6-8-17(22-10-9-20-13-22)19(16(14)12-15)21-26-11-3-2-4-18(23)24/h5,7,9-10,12-13,17H,2-4,6,8,11H2,1H3,(H,23,24)/b21-19+. The van der Waals surface area contributed by atoms with E-state index < -0.39 is 5.97 Å². The maximum Gasteiger partial charge on any atom is 0.303 e. The number of methoxy groups -OCH3 is 1. The molecule has 1 atom stereocenters. The monoisotopic (exact) mass is 357 g/mol. The summed E-state index contributed by atoms with van der Waals surface area (Å²) < 4.78 is 7.40. The minimum absolute atomic E-state index is 0.0520. The molecule has 0 radical (unpaired) electrons. The molecule has 0 saturated carbocycles. The smallest absolute Gasteiger partial charge is 0.303 e. The molecule has 1 aliphatic rings. The zero-order valence-electron chi connectivity index (χ0n) is 14.8. The van der Waals surface area contributed by atoms with Gasteiger partial charge in [-0.05, 0) is 43.4 Å². The van der Waals surface area contributed by atoms with E-state index in [1.165, 1.54) is 5.56 Å². The van der Waals surface area contributed by atoms with Crippen LogP contribution in [-0.2, 0) is 16.1 Å². The van der Waals surface area contributed by atoms with Crippen molar-refractivity contribution in [1.82, 2.24) is 9.55 Å². The van der Waals surface area contributed by atoms with Crippen LogP contribution in [0.4, 0.5) is 0 Å². The molecule has 0 bridgehead atoms. The Kier molecular flexibility index (Phi) is 5.88. The third kappa shape index (κ3) is 4.22. The van der Waals surface area contributed by atoms with E-state index in [9.17, 15) is 4.79 Å². The molecule has 138 valence electrons. The summed E-state index contributed by atoms with van der Waals surface area (Å²) in [5, 5.41) is 13.1. The molecular weight excluding hydrogens is 334 g/mol. The van der Waals surface area contributed by atoms with Gasteiger partial charge in [0.25, 0.3) is 0 Å². The summed E-state index contributed by atoms with van der Waals surface area (Å²) in [4.78, 5) is 20.2. The number of oxime groups is 1. The van der Waals surface area contributed by atoms with Gasteiger partial charge in [0, 0.05) is 24.4 Å². The van der Waals surface area contributed by atoms with Crippen LogP contribution < -0.4 is 4.74 Å². The molecule has 1 aromatic carbocycles. The van der Waals surface area contributed by atoms with Gasteiger partial charge in [-0.1, -0.05) is 11.2 Å².